The first-order valence-corrected chi connectivity index (χ1v) is 5.30. The number of nitrogens with zero attached hydrogens (tertiary/aromatic N) is 2. The second-order valence-electron chi connectivity index (χ2n) is 3.67. The van der Waals surface area contributed by atoms with Gasteiger partial charge >= 0.3 is 0 Å². The van der Waals surface area contributed by atoms with Crippen molar-refractivity contribution in [2.45, 2.75) is 19.8 Å². The fraction of sp³-hybridized carbons (Fsp3) is 0.273. The van der Waals surface area contributed by atoms with E-state index in [0.717, 1.165) is 11.1 Å². The third-order valence-corrected chi connectivity index (χ3v) is 2.40. The van der Waals surface area contributed by atoms with Crippen molar-refractivity contribution in [3.8, 4) is 0 Å². The number of nitrogens with two attached hydrogens (primary N) is 2. The lowest BCUT2D eigenvalue weighted by Gasteiger charge is -2.10. The number of halogens is 1. The Morgan fingerprint density at radius 3 is 2.62 bits per heavy atom. The summed E-state index contributed by atoms with van der Waals surface area (Å²) < 4.78 is 0. The second kappa shape index (κ2) is 5.51. The van der Waals surface area contributed by atoms with Crippen molar-refractivity contribution in [3.05, 3.63) is 34.3 Å². The zero-order valence-corrected chi connectivity index (χ0v) is 10.1. The molecule has 0 saturated heterocycles. The molecule has 0 spiro atoms. The Morgan fingerprint density at radius 2 is 2.06 bits per heavy atom. The maximum absolute atomic E-state index is 6.09. The molecule has 1 rings (SSSR count). The van der Waals surface area contributed by atoms with Crippen LogP contribution < -0.4 is 11.5 Å². The van der Waals surface area contributed by atoms with E-state index in [4.69, 9.17) is 23.1 Å². The lowest BCUT2D eigenvalue weighted by Crippen LogP contribution is -2.21. The molecule has 4 nitrogen and oxygen atoms in total. The minimum Gasteiger partial charge on any atom is -0.369 e. The average Bonchev–Trinajstić information content (AvgIpc) is 2.19. The van der Waals surface area contributed by atoms with Crippen molar-refractivity contribution in [2.75, 3.05) is 0 Å². The summed E-state index contributed by atoms with van der Waals surface area (Å²) in [6.45, 7) is 4.17. The molecule has 0 radical (unpaired) electrons. The molecular weight excluding hydrogens is 224 g/mol. The van der Waals surface area contributed by atoms with Gasteiger partial charge in [0.05, 0.1) is 6.21 Å². The van der Waals surface area contributed by atoms with Crippen molar-refractivity contribution in [2.24, 2.45) is 21.7 Å². The summed E-state index contributed by atoms with van der Waals surface area (Å²) in [4.78, 5) is 0. The molecule has 0 aliphatic rings. The van der Waals surface area contributed by atoms with E-state index in [-0.39, 0.29) is 5.96 Å². The van der Waals surface area contributed by atoms with Gasteiger partial charge in [-0.3, -0.25) is 0 Å². The molecule has 0 amide bonds. The van der Waals surface area contributed by atoms with E-state index in [1.807, 2.05) is 18.2 Å². The smallest absolute Gasteiger partial charge is 0.211 e. The summed E-state index contributed by atoms with van der Waals surface area (Å²) in [5.41, 5.74) is 12.3. The maximum Gasteiger partial charge on any atom is 0.211 e. The van der Waals surface area contributed by atoms with E-state index >= 15 is 0 Å². The SMILES string of the molecule is CC(C)c1cccc(Cl)c1C=NN=C(N)N. The summed E-state index contributed by atoms with van der Waals surface area (Å²) in [5, 5.41) is 7.96. The number of guanidine groups is 1. The molecule has 0 saturated carbocycles. The average molecular weight is 239 g/mol. The highest BCUT2D eigenvalue weighted by molar-refractivity contribution is 6.33. The highest BCUT2D eigenvalue weighted by Gasteiger charge is 2.07. The quantitative estimate of drug-likeness (QED) is 0.481. The van der Waals surface area contributed by atoms with Gasteiger partial charge in [0.2, 0.25) is 5.96 Å². The predicted molar refractivity (Wildman–Crippen MR) is 68.9 cm³/mol. The van der Waals surface area contributed by atoms with Gasteiger partial charge in [-0.05, 0) is 17.5 Å². The molecule has 0 fully saturated rings. The van der Waals surface area contributed by atoms with Gasteiger partial charge in [0.1, 0.15) is 0 Å². The van der Waals surface area contributed by atoms with Crippen LogP contribution in [-0.2, 0) is 0 Å². The van der Waals surface area contributed by atoms with Gasteiger partial charge in [-0.15, -0.1) is 5.10 Å². The molecule has 1 aromatic carbocycles. The van der Waals surface area contributed by atoms with E-state index in [9.17, 15) is 0 Å². The van der Waals surface area contributed by atoms with Crippen LogP contribution in [0.4, 0.5) is 0 Å². The molecule has 0 aliphatic heterocycles. The Kier molecular flexibility index (Phi) is 4.31. The highest BCUT2D eigenvalue weighted by atomic mass is 35.5. The molecule has 0 heterocycles. The van der Waals surface area contributed by atoms with Crippen LogP contribution in [0.5, 0.6) is 0 Å². The largest absolute Gasteiger partial charge is 0.369 e. The van der Waals surface area contributed by atoms with E-state index < -0.39 is 0 Å². The summed E-state index contributed by atoms with van der Waals surface area (Å²) >= 11 is 6.09. The van der Waals surface area contributed by atoms with Crippen LogP contribution >= 0.6 is 11.6 Å². The Bertz CT molecular complexity index is 420. The van der Waals surface area contributed by atoms with Crippen LogP contribution in [0.25, 0.3) is 0 Å². The van der Waals surface area contributed by atoms with E-state index in [0.29, 0.717) is 10.9 Å². The lowest BCUT2D eigenvalue weighted by molar-refractivity contribution is 0.864. The van der Waals surface area contributed by atoms with Gasteiger partial charge in [0.25, 0.3) is 0 Å². The Hall–Kier alpha value is -1.55. The van der Waals surface area contributed by atoms with Gasteiger partial charge in [-0.1, -0.05) is 37.6 Å². The molecule has 0 atom stereocenters. The number of hydrogen-bond acceptors (Lipinski definition) is 2. The monoisotopic (exact) mass is 238 g/mol. The van der Waals surface area contributed by atoms with Crippen LogP contribution in [0.2, 0.25) is 5.02 Å². The third-order valence-electron chi connectivity index (χ3n) is 2.07. The predicted octanol–water partition coefficient (Wildman–Crippen LogP) is 2.07. The van der Waals surface area contributed by atoms with Crippen molar-refractivity contribution in [3.63, 3.8) is 0 Å². The minimum absolute atomic E-state index is 0.0746. The number of rotatable bonds is 3. The van der Waals surface area contributed by atoms with Crippen molar-refractivity contribution < 1.29 is 0 Å². The first-order chi connectivity index (χ1) is 7.52. The van der Waals surface area contributed by atoms with Gasteiger partial charge in [0, 0.05) is 10.6 Å². The van der Waals surface area contributed by atoms with Crippen LogP contribution in [0, 0.1) is 0 Å². The molecule has 0 unspecified atom stereocenters. The van der Waals surface area contributed by atoms with Crippen LogP contribution in [-0.4, -0.2) is 12.2 Å². The van der Waals surface area contributed by atoms with Crippen LogP contribution in [0.15, 0.2) is 28.4 Å². The Labute approximate surface area is 100.0 Å². The summed E-state index contributed by atoms with van der Waals surface area (Å²) in [6, 6.07) is 5.73. The normalized spacial score (nSPS) is 11.0. The topological polar surface area (TPSA) is 76.8 Å². The Morgan fingerprint density at radius 1 is 1.38 bits per heavy atom. The molecule has 16 heavy (non-hydrogen) atoms. The van der Waals surface area contributed by atoms with Crippen LogP contribution in [0.1, 0.15) is 30.9 Å². The summed E-state index contributed by atoms with van der Waals surface area (Å²) in [5.74, 6) is 0.286. The molecule has 1 aromatic rings. The lowest BCUT2D eigenvalue weighted by atomic mass is 9.98. The number of benzene rings is 1. The summed E-state index contributed by atoms with van der Waals surface area (Å²) in [7, 11) is 0. The van der Waals surface area contributed by atoms with Crippen molar-refractivity contribution >= 4 is 23.8 Å². The molecule has 0 aliphatic carbocycles. The van der Waals surface area contributed by atoms with E-state index in [2.05, 4.69) is 24.1 Å². The molecule has 0 aromatic heterocycles. The zero-order chi connectivity index (χ0) is 12.1. The van der Waals surface area contributed by atoms with E-state index in [1.165, 1.54) is 0 Å². The van der Waals surface area contributed by atoms with Gasteiger partial charge in [0.15, 0.2) is 0 Å². The minimum atomic E-state index is -0.0746. The first-order valence-electron chi connectivity index (χ1n) is 4.92. The third kappa shape index (κ3) is 3.24. The fourth-order valence-electron chi connectivity index (χ4n) is 1.35. The highest BCUT2D eigenvalue weighted by Crippen LogP contribution is 2.24. The van der Waals surface area contributed by atoms with Crippen molar-refractivity contribution in [1.29, 1.82) is 0 Å². The summed E-state index contributed by atoms with van der Waals surface area (Å²) in [6.07, 6.45) is 1.57. The molecule has 4 N–H and O–H groups in total. The number of hydrogen-bond donors (Lipinski definition) is 2. The Balaban J connectivity index is 3.11. The van der Waals surface area contributed by atoms with Crippen molar-refractivity contribution in [1.82, 2.24) is 0 Å². The molecule has 5 heteroatoms. The van der Waals surface area contributed by atoms with Crippen LogP contribution in [0.3, 0.4) is 0 Å². The maximum atomic E-state index is 6.09. The standard InChI is InChI=1S/C11H15ClN4/c1-7(2)8-4-3-5-10(12)9(8)6-15-16-11(13)14/h3-7H,1-2H3,(H4,13,14,16). The molecular formula is C11H15ClN4. The second-order valence-corrected chi connectivity index (χ2v) is 4.07. The zero-order valence-electron chi connectivity index (χ0n) is 9.31. The van der Waals surface area contributed by atoms with Gasteiger partial charge < -0.3 is 11.5 Å². The van der Waals surface area contributed by atoms with Gasteiger partial charge in [-0.25, -0.2) is 0 Å². The van der Waals surface area contributed by atoms with E-state index in [1.54, 1.807) is 6.21 Å². The first kappa shape index (κ1) is 12.5. The van der Waals surface area contributed by atoms with Gasteiger partial charge in [-0.2, -0.15) is 5.10 Å². The molecule has 86 valence electrons. The molecule has 0 bridgehead atoms. The fourth-order valence-corrected chi connectivity index (χ4v) is 1.58.